The molecule has 1 aromatic carbocycles. The number of thiocarbonyl (C=S) groups is 1. The van der Waals surface area contributed by atoms with Crippen molar-refractivity contribution >= 4 is 28.2 Å². The highest BCUT2D eigenvalue weighted by Crippen LogP contribution is 2.20. The quantitative estimate of drug-likeness (QED) is 0.586. The zero-order valence-electron chi connectivity index (χ0n) is 17.4. The monoisotopic (exact) mass is 425 g/mol. The van der Waals surface area contributed by atoms with Gasteiger partial charge < -0.3 is 24.4 Å². The molecule has 1 saturated heterocycles. The van der Waals surface area contributed by atoms with Crippen molar-refractivity contribution in [2.75, 3.05) is 13.2 Å². The Morgan fingerprint density at radius 2 is 2.20 bits per heavy atom. The molecule has 0 amide bonds. The predicted molar refractivity (Wildman–Crippen MR) is 122 cm³/mol. The number of hydrogen-bond donors (Lipinski definition) is 2. The maximum Gasteiger partial charge on any atom is 0.253 e. The molecule has 0 spiro atoms. The topological polar surface area (TPSA) is 70.5 Å². The van der Waals surface area contributed by atoms with Crippen molar-refractivity contribution in [2.24, 2.45) is 0 Å². The minimum atomic E-state index is -0.0811. The van der Waals surface area contributed by atoms with Crippen molar-refractivity contribution in [2.45, 2.75) is 45.9 Å². The van der Waals surface area contributed by atoms with Gasteiger partial charge in [0.2, 0.25) is 0 Å². The number of furan rings is 1. The summed E-state index contributed by atoms with van der Waals surface area (Å²) in [6.07, 6.45) is 3.82. The lowest BCUT2D eigenvalue weighted by Gasteiger charge is -2.28. The molecule has 1 atom stereocenters. The lowest BCUT2D eigenvalue weighted by molar-refractivity contribution is 0.0896. The fraction of sp³-hybridized carbons (Fsp3) is 0.391. The lowest BCUT2D eigenvalue weighted by atomic mass is 10.0. The molecule has 1 aliphatic heterocycles. The maximum absolute atomic E-state index is 12.8. The molecule has 2 N–H and O–H groups in total. The first-order valence-corrected chi connectivity index (χ1v) is 10.7. The summed E-state index contributed by atoms with van der Waals surface area (Å²) >= 11 is 5.66. The largest absolute Gasteiger partial charge is 0.467 e. The van der Waals surface area contributed by atoms with Crippen LogP contribution in [0.25, 0.3) is 10.9 Å². The smallest absolute Gasteiger partial charge is 0.253 e. The number of rotatable bonds is 6. The van der Waals surface area contributed by atoms with Crippen LogP contribution in [-0.2, 0) is 17.8 Å². The van der Waals surface area contributed by atoms with Gasteiger partial charge in [0.05, 0.1) is 31.0 Å². The summed E-state index contributed by atoms with van der Waals surface area (Å²) in [5.74, 6) is 0.809. The van der Waals surface area contributed by atoms with E-state index >= 15 is 0 Å². The van der Waals surface area contributed by atoms with Crippen LogP contribution in [0.2, 0.25) is 0 Å². The van der Waals surface area contributed by atoms with Crippen molar-refractivity contribution in [1.82, 2.24) is 15.2 Å². The summed E-state index contributed by atoms with van der Waals surface area (Å²) in [5, 5.41) is 4.86. The number of H-pyrrole nitrogens is 1. The lowest BCUT2D eigenvalue weighted by Crippen LogP contribution is -2.43. The summed E-state index contributed by atoms with van der Waals surface area (Å²) in [5.41, 5.74) is 3.76. The molecule has 0 radical (unpaired) electrons. The van der Waals surface area contributed by atoms with Crippen LogP contribution in [0.3, 0.4) is 0 Å². The van der Waals surface area contributed by atoms with Crippen molar-refractivity contribution in [3.63, 3.8) is 0 Å². The summed E-state index contributed by atoms with van der Waals surface area (Å²) < 4.78 is 11.2. The Labute approximate surface area is 181 Å². The highest BCUT2D eigenvalue weighted by molar-refractivity contribution is 7.80. The van der Waals surface area contributed by atoms with E-state index in [9.17, 15) is 4.79 Å². The SMILES string of the molecule is Cc1ccc2cc(CN(CC3CCCO3)C(=S)NCc3ccco3)c(=O)[nH]c2c1C. The molecule has 7 heteroatoms. The van der Waals surface area contributed by atoms with E-state index in [2.05, 4.69) is 22.4 Å². The second-order valence-electron chi connectivity index (χ2n) is 7.85. The van der Waals surface area contributed by atoms with Crippen molar-refractivity contribution in [3.05, 3.63) is 69.4 Å². The summed E-state index contributed by atoms with van der Waals surface area (Å²) in [7, 11) is 0. The van der Waals surface area contributed by atoms with Crippen LogP contribution in [0, 0.1) is 13.8 Å². The fourth-order valence-corrected chi connectivity index (χ4v) is 4.05. The number of aromatic amines is 1. The van der Waals surface area contributed by atoms with E-state index in [4.69, 9.17) is 21.4 Å². The Bertz CT molecular complexity index is 1090. The van der Waals surface area contributed by atoms with E-state index in [0.29, 0.717) is 30.3 Å². The molecule has 6 nitrogen and oxygen atoms in total. The third-order valence-corrected chi connectivity index (χ3v) is 6.12. The summed E-state index contributed by atoms with van der Waals surface area (Å²) in [6, 6.07) is 9.85. The Balaban J connectivity index is 1.57. The van der Waals surface area contributed by atoms with Crippen LogP contribution >= 0.6 is 12.2 Å². The van der Waals surface area contributed by atoms with E-state index < -0.39 is 0 Å². The van der Waals surface area contributed by atoms with Gasteiger partial charge >= 0.3 is 0 Å². The molecule has 1 fully saturated rings. The van der Waals surface area contributed by atoms with Gasteiger partial charge in [-0.05, 0) is 73.6 Å². The summed E-state index contributed by atoms with van der Waals surface area (Å²) in [4.78, 5) is 17.9. The first-order chi connectivity index (χ1) is 14.5. The minimum absolute atomic E-state index is 0.0811. The molecule has 1 unspecified atom stereocenters. The molecule has 3 aromatic rings. The number of ether oxygens (including phenoxy) is 1. The third kappa shape index (κ3) is 4.57. The number of benzene rings is 1. The molecular weight excluding hydrogens is 398 g/mol. The number of aromatic nitrogens is 1. The predicted octanol–water partition coefficient (Wildman–Crippen LogP) is 3.79. The van der Waals surface area contributed by atoms with Crippen molar-refractivity contribution in [1.29, 1.82) is 0 Å². The number of hydrogen-bond acceptors (Lipinski definition) is 4. The number of nitrogens with zero attached hydrogens (tertiary/aromatic N) is 1. The van der Waals surface area contributed by atoms with Crippen LogP contribution in [0.15, 0.2) is 45.8 Å². The second kappa shape index (κ2) is 9.02. The van der Waals surface area contributed by atoms with Gasteiger partial charge in [-0.1, -0.05) is 12.1 Å². The third-order valence-electron chi connectivity index (χ3n) is 5.72. The average molecular weight is 426 g/mol. The van der Waals surface area contributed by atoms with Crippen molar-refractivity contribution in [3.8, 4) is 0 Å². The minimum Gasteiger partial charge on any atom is -0.467 e. The van der Waals surface area contributed by atoms with E-state index in [0.717, 1.165) is 47.2 Å². The number of aryl methyl sites for hydroxylation is 2. The van der Waals surface area contributed by atoms with Gasteiger partial charge in [0.1, 0.15) is 5.76 Å². The van der Waals surface area contributed by atoms with E-state index in [-0.39, 0.29) is 11.7 Å². The normalized spacial score (nSPS) is 16.1. The number of nitrogens with one attached hydrogen (secondary N) is 2. The van der Waals surface area contributed by atoms with Crippen LogP contribution in [0.4, 0.5) is 0 Å². The number of pyridine rings is 1. The second-order valence-corrected chi connectivity index (χ2v) is 8.24. The van der Waals surface area contributed by atoms with Crippen molar-refractivity contribution < 1.29 is 9.15 Å². The van der Waals surface area contributed by atoms with Crippen LogP contribution in [0.5, 0.6) is 0 Å². The molecule has 2 aromatic heterocycles. The van der Waals surface area contributed by atoms with E-state index in [1.54, 1.807) is 6.26 Å². The Morgan fingerprint density at radius 3 is 2.93 bits per heavy atom. The van der Waals surface area contributed by atoms with Gasteiger partial charge in [0.25, 0.3) is 5.56 Å². The molecule has 0 saturated carbocycles. The molecule has 0 bridgehead atoms. The average Bonchev–Trinajstić information content (AvgIpc) is 3.44. The van der Waals surface area contributed by atoms with E-state index in [1.165, 1.54) is 0 Å². The van der Waals surface area contributed by atoms with Gasteiger partial charge in [-0.3, -0.25) is 4.79 Å². The van der Waals surface area contributed by atoms with Crippen LogP contribution in [0.1, 0.15) is 35.3 Å². The molecular formula is C23H27N3O3S. The zero-order valence-corrected chi connectivity index (χ0v) is 18.2. The first kappa shape index (κ1) is 20.6. The molecule has 3 heterocycles. The maximum atomic E-state index is 12.8. The molecule has 158 valence electrons. The summed E-state index contributed by atoms with van der Waals surface area (Å²) in [6.45, 7) is 6.43. The Kier molecular flexibility index (Phi) is 6.20. The highest BCUT2D eigenvalue weighted by atomic mass is 32.1. The number of fused-ring (bicyclic) bond motifs is 1. The standard InChI is InChI=1S/C23H27N3O3S/c1-15-7-8-17-11-18(22(27)25-21(17)16(15)2)13-26(14-20-6-4-10-29-20)23(30)24-12-19-5-3-9-28-19/h3,5,7-9,11,20H,4,6,10,12-14H2,1-2H3,(H,24,30)(H,25,27). The Morgan fingerprint density at radius 1 is 1.33 bits per heavy atom. The molecule has 0 aliphatic carbocycles. The van der Waals surface area contributed by atoms with Crippen LogP contribution < -0.4 is 10.9 Å². The van der Waals surface area contributed by atoms with Gasteiger partial charge in [-0.15, -0.1) is 0 Å². The zero-order chi connectivity index (χ0) is 21.1. The van der Waals surface area contributed by atoms with Gasteiger partial charge in [-0.25, -0.2) is 0 Å². The Hall–Kier alpha value is -2.64. The highest BCUT2D eigenvalue weighted by Gasteiger charge is 2.22. The first-order valence-electron chi connectivity index (χ1n) is 10.3. The molecule has 30 heavy (non-hydrogen) atoms. The fourth-order valence-electron chi connectivity index (χ4n) is 3.83. The van der Waals surface area contributed by atoms with Gasteiger partial charge in [-0.2, -0.15) is 0 Å². The van der Waals surface area contributed by atoms with E-state index in [1.807, 2.05) is 36.9 Å². The molecule has 4 rings (SSSR count). The van der Waals surface area contributed by atoms with Crippen LogP contribution in [-0.4, -0.2) is 34.3 Å². The van der Waals surface area contributed by atoms with Gasteiger partial charge in [0.15, 0.2) is 5.11 Å². The van der Waals surface area contributed by atoms with Gasteiger partial charge in [0, 0.05) is 18.7 Å². The molecule has 1 aliphatic rings.